The summed E-state index contributed by atoms with van der Waals surface area (Å²) in [6, 6.07) is 11.0. The Bertz CT molecular complexity index is 966. The van der Waals surface area contributed by atoms with Crippen LogP contribution in [0.3, 0.4) is 0 Å². The number of nitrogens with two attached hydrogens (primary N) is 1. The van der Waals surface area contributed by atoms with Gasteiger partial charge < -0.3 is 10.8 Å². The van der Waals surface area contributed by atoms with E-state index in [1.807, 2.05) is 28.9 Å². The first-order valence-electron chi connectivity index (χ1n) is 11.9. The lowest BCUT2D eigenvalue weighted by molar-refractivity contribution is -0.0536. The molecule has 5 rings (SSSR count). The molecule has 0 unspecified atom stereocenters. The third-order valence-electron chi connectivity index (χ3n) is 9.52. The number of aromatic nitrogens is 2. The second-order valence-electron chi connectivity index (χ2n) is 10.8. The maximum absolute atomic E-state index is 10.5. The number of benzene rings is 1. The molecule has 2 aromatic rings. The monoisotopic (exact) mass is 418 g/mol. The molecule has 3 N–H and O–H groups in total. The van der Waals surface area contributed by atoms with Gasteiger partial charge in [-0.15, -0.1) is 0 Å². The molecular formula is C27H36N3O. The molecule has 1 aromatic heterocycles. The minimum atomic E-state index is 0.0371. The van der Waals surface area contributed by atoms with Gasteiger partial charge >= 0.3 is 0 Å². The molecule has 4 nitrogen and oxygen atoms in total. The van der Waals surface area contributed by atoms with E-state index >= 15 is 0 Å². The Morgan fingerprint density at radius 2 is 2.03 bits per heavy atom. The highest BCUT2D eigenvalue weighted by Crippen LogP contribution is 2.62. The van der Waals surface area contributed by atoms with Gasteiger partial charge in [-0.3, -0.25) is 0 Å². The fraction of sp³-hybridized carbons (Fsp3) is 0.593. The van der Waals surface area contributed by atoms with Crippen LogP contribution in [0.25, 0.3) is 5.69 Å². The van der Waals surface area contributed by atoms with E-state index in [0.29, 0.717) is 17.8 Å². The molecule has 1 aromatic carbocycles. The molecule has 165 valence electrons. The largest absolute Gasteiger partial charge is 0.396 e. The summed E-state index contributed by atoms with van der Waals surface area (Å²) in [5, 5.41) is 15.4. The summed E-state index contributed by atoms with van der Waals surface area (Å²) in [5.74, 6) is 1.88. The molecule has 0 amide bonds. The van der Waals surface area contributed by atoms with E-state index in [1.165, 1.54) is 30.4 Å². The Kier molecular flexibility index (Phi) is 5.14. The first-order chi connectivity index (χ1) is 14.9. The van der Waals surface area contributed by atoms with Crippen LogP contribution in [-0.4, -0.2) is 28.0 Å². The predicted molar refractivity (Wildman–Crippen MR) is 124 cm³/mol. The number of hydrogen-bond acceptors (Lipinski definition) is 3. The minimum Gasteiger partial charge on any atom is -0.396 e. The van der Waals surface area contributed by atoms with E-state index in [-0.39, 0.29) is 23.4 Å². The zero-order valence-electron chi connectivity index (χ0n) is 19.0. The second-order valence-corrected chi connectivity index (χ2v) is 10.8. The Morgan fingerprint density at radius 3 is 2.74 bits per heavy atom. The molecule has 3 aliphatic rings. The van der Waals surface area contributed by atoms with Gasteiger partial charge in [0.25, 0.3) is 0 Å². The molecule has 3 aliphatic carbocycles. The summed E-state index contributed by atoms with van der Waals surface area (Å²) in [7, 11) is 0. The van der Waals surface area contributed by atoms with Crippen molar-refractivity contribution in [2.75, 3.05) is 13.2 Å². The van der Waals surface area contributed by atoms with Gasteiger partial charge in [-0.1, -0.05) is 38.1 Å². The van der Waals surface area contributed by atoms with Crippen LogP contribution in [0.1, 0.15) is 50.8 Å². The van der Waals surface area contributed by atoms with Gasteiger partial charge in [0.05, 0.1) is 11.4 Å². The maximum Gasteiger partial charge on any atom is 0.0665 e. The number of hydrogen-bond donors (Lipinski definition) is 2. The van der Waals surface area contributed by atoms with Crippen LogP contribution in [0.2, 0.25) is 0 Å². The normalized spacial score (nSPS) is 37.5. The summed E-state index contributed by atoms with van der Waals surface area (Å²) >= 11 is 0. The van der Waals surface area contributed by atoms with E-state index in [2.05, 4.69) is 32.7 Å². The summed E-state index contributed by atoms with van der Waals surface area (Å²) < 4.78 is 2.00. The van der Waals surface area contributed by atoms with Crippen LogP contribution in [0.5, 0.6) is 0 Å². The smallest absolute Gasteiger partial charge is 0.0665 e. The summed E-state index contributed by atoms with van der Waals surface area (Å²) in [4.78, 5) is 0. The first-order valence-corrected chi connectivity index (χ1v) is 11.9. The molecule has 2 saturated carbocycles. The highest BCUT2D eigenvalue weighted by molar-refractivity contribution is 5.34. The average Bonchev–Trinajstić information content (AvgIpc) is 3.33. The van der Waals surface area contributed by atoms with E-state index in [9.17, 15) is 5.11 Å². The van der Waals surface area contributed by atoms with Gasteiger partial charge in [-0.2, -0.15) is 5.10 Å². The third-order valence-corrected chi connectivity index (χ3v) is 9.52. The van der Waals surface area contributed by atoms with Crippen molar-refractivity contribution >= 4 is 0 Å². The van der Waals surface area contributed by atoms with Crippen molar-refractivity contribution in [1.29, 1.82) is 0 Å². The van der Waals surface area contributed by atoms with Crippen molar-refractivity contribution < 1.29 is 5.11 Å². The van der Waals surface area contributed by atoms with Crippen LogP contribution in [0.15, 0.2) is 42.6 Å². The molecule has 4 heteroatoms. The predicted octanol–water partition coefficient (Wildman–Crippen LogP) is 4.34. The van der Waals surface area contributed by atoms with Gasteiger partial charge in [-0.05, 0) is 103 Å². The molecule has 31 heavy (non-hydrogen) atoms. The lowest BCUT2D eigenvalue weighted by atomic mass is 9.49. The Morgan fingerprint density at radius 1 is 1.26 bits per heavy atom. The van der Waals surface area contributed by atoms with Gasteiger partial charge in [0.1, 0.15) is 0 Å². The Labute approximate surface area is 186 Å². The SMILES string of the molecule is C=C1CC[C@H]2[C@H](CN)[C@@H]([C@@]3(C)Cc4cn(-c5cc[c]cc5)nc4C[C@@H]3CO)CC[C@]12C. The fourth-order valence-corrected chi connectivity index (χ4v) is 7.50. The van der Waals surface area contributed by atoms with E-state index < -0.39 is 0 Å². The molecule has 1 heterocycles. The molecule has 0 saturated heterocycles. The zero-order chi connectivity index (χ0) is 21.8. The molecule has 2 fully saturated rings. The first kappa shape index (κ1) is 21.0. The highest BCUT2D eigenvalue weighted by Gasteiger charge is 2.56. The minimum absolute atomic E-state index is 0.0371. The van der Waals surface area contributed by atoms with E-state index in [1.54, 1.807) is 0 Å². The van der Waals surface area contributed by atoms with E-state index in [0.717, 1.165) is 37.2 Å². The molecule has 6 atom stereocenters. The Balaban J connectivity index is 1.49. The number of fused-ring (bicyclic) bond motifs is 2. The van der Waals surface area contributed by atoms with E-state index in [4.69, 9.17) is 10.8 Å². The number of allylic oxidation sites excluding steroid dienone is 1. The van der Waals surface area contributed by atoms with Gasteiger partial charge in [0.2, 0.25) is 0 Å². The molecule has 1 radical (unpaired) electrons. The van der Waals surface area contributed by atoms with Gasteiger partial charge in [0, 0.05) is 12.8 Å². The summed E-state index contributed by atoms with van der Waals surface area (Å²) in [6.07, 6.45) is 8.78. The van der Waals surface area contributed by atoms with Crippen molar-refractivity contribution in [3.63, 3.8) is 0 Å². The topological polar surface area (TPSA) is 64.1 Å². The maximum atomic E-state index is 10.5. The number of rotatable bonds is 4. The van der Waals surface area contributed by atoms with Crippen molar-refractivity contribution in [2.45, 2.75) is 52.4 Å². The molecule has 0 bridgehead atoms. The average molecular weight is 419 g/mol. The highest BCUT2D eigenvalue weighted by atomic mass is 16.3. The quantitative estimate of drug-likeness (QED) is 0.726. The molecule has 0 spiro atoms. The second kappa shape index (κ2) is 7.60. The lowest BCUT2D eigenvalue weighted by Gasteiger charge is -2.55. The number of aliphatic hydroxyl groups is 1. The van der Waals surface area contributed by atoms with Crippen molar-refractivity contribution in [1.82, 2.24) is 9.78 Å². The molecular weight excluding hydrogens is 382 g/mol. The number of nitrogens with zero attached hydrogens (tertiary/aromatic N) is 2. The number of aliphatic hydroxyl groups excluding tert-OH is 1. The molecule has 0 aliphatic heterocycles. The fourth-order valence-electron chi connectivity index (χ4n) is 7.50. The van der Waals surface area contributed by atoms with Crippen LogP contribution in [0.4, 0.5) is 0 Å². The van der Waals surface area contributed by atoms with Crippen molar-refractivity contribution in [3.8, 4) is 5.69 Å². The van der Waals surface area contributed by atoms with Crippen LogP contribution in [0, 0.1) is 40.6 Å². The van der Waals surface area contributed by atoms with Crippen LogP contribution < -0.4 is 5.73 Å². The van der Waals surface area contributed by atoms with Crippen molar-refractivity contribution in [3.05, 3.63) is 59.9 Å². The van der Waals surface area contributed by atoms with Gasteiger partial charge in [0.15, 0.2) is 0 Å². The van der Waals surface area contributed by atoms with Crippen molar-refractivity contribution in [2.24, 2.45) is 40.2 Å². The Hall–Kier alpha value is -1.91. The zero-order valence-corrected chi connectivity index (χ0v) is 19.0. The summed E-state index contributed by atoms with van der Waals surface area (Å²) in [5.41, 5.74) is 11.7. The van der Waals surface area contributed by atoms with Crippen LogP contribution >= 0.6 is 0 Å². The standard InChI is InChI=1S/C27H36N3O/c1-18-9-10-23-22(15-28)24(11-12-26(18,23)2)27(3)14-19-16-30(21-7-5-4-6-8-21)29-25(19)13-20(27)17-31/h5-8,16,20,22-24,31H,1,9-15,17,28H2,2-3H3/t20-,22+,23+,24+,26-,27+/m1/s1. The summed E-state index contributed by atoms with van der Waals surface area (Å²) in [6.45, 7) is 10.2. The lowest BCUT2D eigenvalue weighted by Crippen LogP contribution is -2.53. The van der Waals surface area contributed by atoms with Gasteiger partial charge in [-0.25, -0.2) is 4.68 Å². The van der Waals surface area contributed by atoms with Crippen LogP contribution in [-0.2, 0) is 12.8 Å². The third kappa shape index (κ3) is 3.14.